The lowest BCUT2D eigenvalue weighted by atomic mass is 10.0. The van der Waals surface area contributed by atoms with Crippen molar-refractivity contribution in [1.82, 2.24) is 5.32 Å². The molecule has 1 N–H and O–H groups in total. The third-order valence-corrected chi connectivity index (χ3v) is 5.90. The molecule has 2 amide bonds. The minimum absolute atomic E-state index is 0.313. The molecule has 0 atom stereocenters. The summed E-state index contributed by atoms with van der Waals surface area (Å²) >= 11 is 0. The number of carbonyl (C=O) groups excluding carboxylic acids is 3. The number of benzene rings is 3. The molecule has 3 aromatic carbocycles. The average molecular weight is 443 g/mol. The second kappa shape index (κ2) is 9.69. The van der Waals surface area contributed by atoms with E-state index in [-0.39, 0.29) is 18.4 Å². The van der Waals surface area contributed by atoms with E-state index in [4.69, 9.17) is 4.74 Å². The van der Waals surface area contributed by atoms with E-state index in [1.165, 1.54) is 0 Å². The highest BCUT2D eigenvalue weighted by atomic mass is 16.5. The van der Waals surface area contributed by atoms with E-state index in [1.807, 2.05) is 68.4 Å². The maximum atomic E-state index is 13.2. The molecule has 33 heavy (non-hydrogen) atoms. The van der Waals surface area contributed by atoms with Crippen LogP contribution in [0.2, 0.25) is 0 Å². The first-order valence-corrected chi connectivity index (χ1v) is 10.9. The highest BCUT2D eigenvalue weighted by Crippen LogP contribution is 2.35. The molecule has 3 aromatic rings. The van der Waals surface area contributed by atoms with Crippen molar-refractivity contribution >= 4 is 29.2 Å². The highest BCUT2D eigenvalue weighted by Gasteiger charge is 2.26. The predicted molar refractivity (Wildman–Crippen MR) is 127 cm³/mol. The second-order valence-corrected chi connectivity index (χ2v) is 8.13. The molecule has 1 aliphatic rings. The Hall–Kier alpha value is -3.93. The molecule has 1 aliphatic heterocycles. The summed E-state index contributed by atoms with van der Waals surface area (Å²) in [6, 6.07) is 20.9. The van der Waals surface area contributed by atoms with Crippen molar-refractivity contribution in [3.63, 3.8) is 0 Å². The number of nitrogens with one attached hydrogen (secondary N) is 1. The summed E-state index contributed by atoms with van der Waals surface area (Å²) in [5, 5.41) is 2.55. The van der Waals surface area contributed by atoms with Crippen LogP contribution in [0.3, 0.4) is 0 Å². The molecule has 0 fully saturated rings. The van der Waals surface area contributed by atoms with Gasteiger partial charge in [0.15, 0.2) is 6.61 Å². The molecule has 0 aromatic heterocycles. The Balaban J connectivity index is 1.41. The van der Waals surface area contributed by atoms with Gasteiger partial charge < -0.3 is 10.1 Å². The van der Waals surface area contributed by atoms with Crippen molar-refractivity contribution in [2.45, 2.75) is 26.7 Å². The molecule has 0 radical (unpaired) electrons. The average Bonchev–Trinajstić information content (AvgIpc) is 2.99. The maximum Gasteiger partial charge on any atom is 0.325 e. The largest absolute Gasteiger partial charge is 0.454 e. The van der Waals surface area contributed by atoms with Crippen LogP contribution in [0.4, 0.5) is 11.4 Å². The molecule has 6 nitrogen and oxygen atoms in total. The third kappa shape index (κ3) is 4.95. The molecule has 0 spiro atoms. The highest BCUT2D eigenvalue weighted by molar-refractivity contribution is 6.03. The van der Waals surface area contributed by atoms with Gasteiger partial charge in [-0.15, -0.1) is 0 Å². The van der Waals surface area contributed by atoms with Crippen LogP contribution in [0.25, 0.3) is 0 Å². The maximum absolute atomic E-state index is 13.2. The summed E-state index contributed by atoms with van der Waals surface area (Å²) in [6.45, 7) is 3.16. The molecule has 4 rings (SSSR count). The number of aryl methyl sites for hydroxylation is 4. The van der Waals surface area contributed by atoms with Crippen LogP contribution >= 0.6 is 0 Å². The summed E-state index contributed by atoms with van der Waals surface area (Å²) < 4.78 is 5.21. The number of para-hydroxylation sites is 2. The van der Waals surface area contributed by atoms with Crippen LogP contribution in [0.1, 0.15) is 32.6 Å². The number of fused-ring (bicyclic) bond motifs is 2. The number of hydrogen-bond acceptors (Lipinski definition) is 4. The minimum atomic E-state index is -0.670. The lowest BCUT2D eigenvalue weighted by Crippen LogP contribution is -2.35. The quantitative estimate of drug-likeness (QED) is 0.605. The fraction of sp³-hybridized carbons (Fsp3) is 0.222. The van der Waals surface area contributed by atoms with Gasteiger partial charge in [-0.25, -0.2) is 0 Å². The van der Waals surface area contributed by atoms with Crippen molar-refractivity contribution in [3.8, 4) is 0 Å². The van der Waals surface area contributed by atoms with E-state index in [2.05, 4.69) is 5.32 Å². The molecule has 168 valence electrons. The minimum Gasteiger partial charge on any atom is -0.454 e. The fourth-order valence-electron chi connectivity index (χ4n) is 3.94. The number of anilines is 2. The van der Waals surface area contributed by atoms with Crippen LogP contribution in [0, 0.1) is 13.8 Å². The summed E-state index contributed by atoms with van der Waals surface area (Å²) in [5.41, 5.74) is 6.27. The normalized spacial score (nSPS) is 12.2. The van der Waals surface area contributed by atoms with Gasteiger partial charge in [0.2, 0.25) is 0 Å². The van der Waals surface area contributed by atoms with Crippen molar-refractivity contribution in [1.29, 1.82) is 0 Å². The Bertz CT molecular complexity index is 1170. The number of rotatable bonds is 5. The molecular formula is C27H26N2O4. The second-order valence-electron chi connectivity index (χ2n) is 8.13. The first-order valence-electron chi connectivity index (χ1n) is 10.9. The standard InChI is InChI=1S/C27H26N2O4/c1-18-11-12-22(15-19(18)2)27(32)28-16-26(31)33-17-25(30)29-23-9-5-3-7-20(23)13-14-21-8-4-6-10-24(21)29/h3-12,15H,13-14,16-17H2,1-2H3,(H,28,32). The van der Waals surface area contributed by atoms with E-state index in [0.29, 0.717) is 5.56 Å². The fourth-order valence-corrected chi connectivity index (χ4v) is 3.94. The number of esters is 1. The van der Waals surface area contributed by atoms with E-state index >= 15 is 0 Å². The number of ether oxygens (including phenoxy) is 1. The van der Waals surface area contributed by atoms with Crippen molar-refractivity contribution < 1.29 is 19.1 Å². The van der Waals surface area contributed by atoms with E-state index < -0.39 is 12.6 Å². The van der Waals surface area contributed by atoms with Gasteiger partial charge in [0.25, 0.3) is 11.8 Å². The first-order chi connectivity index (χ1) is 15.9. The summed E-state index contributed by atoms with van der Waals surface area (Å²) in [4.78, 5) is 39.4. The topological polar surface area (TPSA) is 75.7 Å². The van der Waals surface area contributed by atoms with Crippen molar-refractivity contribution in [2.75, 3.05) is 18.1 Å². The van der Waals surface area contributed by atoms with Gasteiger partial charge in [-0.05, 0) is 73.2 Å². The van der Waals surface area contributed by atoms with Gasteiger partial charge in [-0.2, -0.15) is 0 Å². The summed E-state index contributed by atoms with van der Waals surface area (Å²) in [7, 11) is 0. The zero-order valence-corrected chi connectivity index (χ0v) is 18.8. The van der Waals surface area contributed by atoms with Crippen LogP contribution < -0.4 is 10.2 Å². The van der Waals surface area contributed by atoms with Gasteiger partial charge in [0.05, 0.1) is 11.4 Å². The van der Waals surface area contributed by atoms with Gasteiger partial charge in [-0.1, -0.05) is 42.5 Å². The smallest absolute Gasteiger partial charge is 0.325 e. The Labute approximate surface area is 193 Å². The van der Waals surface area contributed by atoms with E-state index in [1.54, 1.807) is 17.0 Å². The first kappa shape index (κ1) is 22.3. The SMILES string of the molecule is Cc1ccc(C(=O)NCC(=O)OCC(=O)N2c3ccccc3CCc3ccccc32)cc1C. The monoisotopic (exact) mass is 442 g/mol. The third-order valence-electron chi connectivity index (χ3n) is 5.90. The van der Waals surface area contributed by atoms with Gasteiger partial charge in [-0.3, -0.25) is 19.3 Å². The van der Waals surface area contributed by atoms with Crippen LogP contribution in [-0.2, 0) is 27.2 Å². The predicted octanol–water partition coefficient (Wildman–Crippen LogP) is 4.04. The molecule has 1 heterocycles. The summed E-state index contributed by atoms with van der Waals surface area (Å²) in [5.74, 6) is -1.38. The Morgan fingerprint density at radius 3 is 2.06 bits per heavy atom. The zero-order chi connectivity index (χ0) is 23.4. The van der Waals surface area contributed by atoms with Gasteiger partial charge in [0.1, 0.15) is 6.54 Å². The van der Waals surface area contributed by atoms with E-state index in [0.717, 1.165) is 46.5 Å². The lowest BCUT2D eigenvalue weighted by molar-refractivity contribution is -0.146. The molecule has 6 heteroatoms. The molecule has 0 unspecified atom stereocenters. The molecule has 0 saturated carbocycles. The van der Waals surface area contributed by atoms with Gasteiger partial charge >= 0.3 is 5.97 Å². The number of nitrogens with zero attached hydrogens (tertiary/aromatic N) is 1. The Morgan fingerprint density at radius 2 is 1.45 bits per heavy atom. The van der Waals surface area contributed by atoms with Crippen molar-refractivity contribution in [2.24, 2.45) is 0 Å². The molecular weight excluding hydrogens is 416 g/mol. The van der Waals surface area contributed by atoms with Gasteiger partial charge in [0, 0.05) is 5.56 Å². The Morgan fingerprint density at radius 1 is 0.848 bits per heavy atom. The lowest BCUT2D eigenvalue weighted by Gasteiger charge is -2.24. The number of amides is 2. The Kier molecular flexibility index (Phi) is 6.54. The number of hydrogen-bond donors (Lipinski definition) is 1. The van der Waals surface area contributed by atoms with Crippen LogP contribution in [-0.4, -0.2) is 30.9 Å². The molecule has 0 bridgehead atoms. The zero-order valence-electron chi connectivity index (χ0n) is 18.8. The number of carbonyl (C=O) groups is 3. The summed E-state index contributed by atoms with van der Waals surface area (Å²) in [6.07, 6.45) is 1.64. The van der Waals surface area contributed by atoms with E-state index in [9.17, 15) is 14.4 Å². The van der Waals surface area contributed by atoms with Crippen LogP contribution in [0.5, 0.6) is 0 Å². The molecule has 0 aliphatic carbocycles. The molecule has 0 saturated heterocycles. The van der Waals surface area contributed by atoms with Crippen molar-refractivity contribution in [3.05, 3.63) is 94.5 Å². The van der Waals surface area contributed by atoms with Crippen LogP contribution in [0.15, 0.2) is 66.7 Å².